The van der Waals surface area contributed by atoms with Crippen molar-refractivity contribution in [2.24, 2.45) is 0 Å². The molecule has 1 N–H and O–H groups in total. The third-order valence-corrected chi connectivity index (χ3v) is 3.65. The molecule has 0 fully saturated rings. The van der Waals surface area contributed by atoms with E-state index in [4.69, 9.17) is 5.11 Å². The Kier molecular flexibility index (Phi) is 6.00. The molecule has 112 valence electrons. The lowest BCUT2D eigenvalue weighted by Crippen LogP contribution is -2.31. The van der Waals surface area contributed by atoms with Crippen molar-refractivity contribution in [1.82, 2.24) is 19.7 Å². The van der Waals surface area contributed by atoms with Gasteiger partial charge in [0.15, 0.2) is 5.16 Å². The average molecular weight is 300 g/mol. The van der Waals surface area contributed by atoms with Crippen LogP contribution in [-0.4, -0.2) is 56.5 Å². The van der Waals surface area contributed by atoms with Crippen LogP contribution in [0.5, 0.6) is 0 Å². The predicted octanol–water partition coefficient (Wildman–Crippen LogP) is 1.06. The smallest absolute Gasteiger partial charge is 0.313 e. The van der Waals surface area contributed by atoms with E-state index in [2.05, 4.69) is 10.2 Å². The Morgan fingerprint density at radius 1 is 1.40 bits per heavy atom. The van der Waals surface area contributed by atoms with Crippen LogP contribution in [0, 0.1) is 0 Å². The number of likely N-dealkylation sites (N-methyl/N-ethyl adjacent to an activating group) is 1. The van der Waals surface area contributed by atoms with Crippen molar-refractivity contribution in [3.05, 3.63) is 5.82 Å². The molecule has 0 spiro atoms. The van der Waals surface area contributed by atoms with E-state index in [1.807, 2.05) is 6.92 Å². The lowest BCUT2D eigenvalue weighted by molar-refractivity contribution is -0.134. The third-order valence-electron chi connectivity index (χ3n) is 2.72. The van der Waals surface area contributed by atoms with E-state index in [1.54, 1.807) is 25.6 Å². The lowest BCUT2D eigenvalue weighted by atomic mass is 10.2. The van der Waals surface area contributed by atoms with Gasteiger partial charge in [-0.15, -0.1) is 10.2 Å². The molecule has 1 aromatic heterocycles. The summed E-state index contributed by atoms with van der Waals surface area (Å²) in [5.74, 6) is -0.386. The number of carboxylic acid groups (broad SMARTS) is 1. The summed E-state index contributed by atoms with van der Waals surface area (Å²) in [7, 11) is 3.37. The molecule has 1 rings (SSSR count). The van der Waals surface area contributed by atoms with E-state index in [9.17, 15) is 9.59 Å². The summed E-state index contributed by atoms with van der Waals surface area (Å²) in [6.07, 6.45) is 1.58. The number of hydrogen-bond acceptors (Lipinski definition) is 5. The van der Waals surface area contributed by atoms with Crippen molar-refractivity contribution < 1.29 is 14.7 Å². The third kappa shape index (κ3) is 3.96. The van der Waals surface area contributed by atoms with Gasteiger partial charge in [-0.25, -0.2) is 0 Å². The highest BCUT2D eigenvalue weighted by Crippen LogP contribution is 2.23. The molecule has 1 amide bonds. The van der Waals surface area contributed by atoms with Gasteiger partial charge in [0, 0.05) is 20.5 Å². The van der Waals surface area contributed by atoms with Crippen LogP contribution in [0.25, 0.3) is 0 Å². The number of rotatable bonds is 7. The summed E-state index contributed by atoms with van der Waals surface area (Å²) >= 11 is 1.08. The average Bonchev–Trinajstić information content (AvgIpc) is 2.77. The molecule has 7 nitrogen and oxygen atoms in total. The van der Waals surface area contributed by atoms with E-state index in [0.717, 1.165) is 18.2 Å². The minimum Gasteiger partial charge on any atom is -0.481 e. The van der Waals surface area contributed by atoms with Crippen molar-refractivity contribution in [2.45, 2.75) is 37.9 Å². The maximum Gasteiger partial charge on any atom is 0.313 e. The fraction of sp³-hybridized carbons (Fsp3) is 0.667. The van der Waals surface area contributed by atoms with E-state index in [-0.39, 0.29) is 11.7 Å². The van der Waals surface area contributed by atoms with E-state index in [1.165, 1.54) is 4.90 Å². The summed E-state index contributed by atoms with van der Waals surface area (Å²) in [4.78, 5) is 24.3. The second-order valence-electron chi connectivity index (χ2n) is 4.61. The van der Waals surface area contributed by atoms with Crippen LogP contribution in [0.3, 0.4) is 0 Å². The number of nitrogens with zero attached hydrogens (tertiary/aromatic N) is 4. The first kappa shape index (κ1) is 16.5. The summed E-state index contributed by atoms with van der Waals surface area (Å²) in [5.41, 5.74) is 0. The van der Waals surface area contributed by atoms with Crippen LogP contribution in [0.1, 0.15) is 32.1 Å². The normalized spacial score (nSPS) is 12.2. The number of carbonyl (C=O) groups excluding carboxylic acids is 1. The molecule has 0 aliphatic rings. The van der Waals surface area contributed by atoms with E-state index < -0.39 is 12.0 Å². The van der Waals surface area contributed by atoms with Crippen LogP contribution in [0.4, 0.5) is 0 Å². The number of aromatic nitrogens is 3. The Hall–Kier alpha value is -1.57. The van der Waals surface area contributed by atoms with E-state index >= 15 is 0 Å². The van der Waals surface area contributed by atoms with E-state index in [0.29, 0.717) is 17.4 Å². The zero-order valence-corrected chi connectivity index (χ0v) is 13.0. The monoisotopic (exact) mass is 300 g/mol. The van der Waals surface area contributed by atoms with Gasteiger partial charge in [-0.2, -0.15) is 0 Å². The maximum absolute atomic E-state index is 12.1. The molecule has 1 atom stereocenters. The molecule has 0 bridgehead atoms. The molecule has 0 aromatic carbocycles. The molecule has 1 aromatic rings. The number of aryl methyl sites for hydroxylation is 1. The largest absolute Gasteiger partial charge is 0.481 e. The van der Waals surface area contributed by atoms with Crippen LogP contribution in [0.2, 0.25) is 0 Å². The van der Waals surface area contributed by atoms with Gasteiger partial charge in [-0.3, -0.25) is 14.2 Å². The minimum absolute atomic E-state index is 0.0701. The summed E-state index contributed by atoms with van der Waals surface area (Å²) < 4.78 is 1.74. The summed E-state index contributed by atoms with van der Waals surface area (Å²) in [5, 5.41) is 17.3. The van der Waals surface area contributed by atoms with Gasteiger partial charge in [0.25, 0.3) is 0 Å². The molecule has 0 aliphatic heterocycles. The fourth-order valence-corrected chi connectivity index (χ4v) is 2.55. The Balaban J connectivity index is 3.07. The first-order valence-electron chi connectivity index (χ1n) is 6.38. The second kappa shape index (κ2) is 7.28. The SMILES string of the molecule is CCCc1nnc(SCC(=O)O)n1C(C)C(=O)N(C)C. The molecular formula is C12H20N4O3S. The van der Waals surface area contributed by atoms with Crippen LogP contribution in [-0.2, 0) is 16.0 Å². The van der Waals surface area contributed by atoms with Crippen molar-refractivity contribution in [3.8, 4) is 0 Å². The lowest BCUT2D eigenvalue weighted by Gasteiger charge is -2.20. The first-order chi connectivity index (χ1) is 9.38. The molecule has 20 heavy (non-hydrogen) atoms. The molecule has 1 unspecified atom stereocenters. The molecule has 0 aliphatic carbocycles. The number of carboxylic acids is 1. The zero-order chi connectivity index (χ0) is 15.3. The first-order valence-corrected chi connectivity index (χ1v) is 7.36. The summed E-state index contributed by atoms with van der Waals surface area (Å²) in [6, 6.07) is -0.446. The molecule has 1 heterocycles. The van der Waals surface area contributed by atoms with Gasteiger partial charge < -0.3 is 10.0 Å². The topological polar surface area (TPSA) is 88.3 Å². The second-order valence-corrected chi connectivity index (χ2v) is 5.55. The van der Waals surface area contributed by atoms with Gasteiger partial charge in [-0.1, -0.05) is 18.7 Å². The van der Waals surface area contributed by atoms with Gasteiger partial charge in [-0.05, 0) is 13.3 Å². The predicted molar refractivity (Wildman–Crippen MR) is 75.8 cm³/mol. The summed E-state index contributed by atoms with van der Waals surface area (Å²) in [6.45, 7) is 3.79. The van der Waals surface area contributed by atoms with Gasteiger partial charge in [0.05, 0.1) is 5.75 Å². The fourth-order valence-electron chi connectivity index (χ4n) is 1.80. The van der Waals surface area contributed by atoms with Crippen LogP contribution >= 0.6 is 11.8 Å². The van der Waals surface area contributed by atoms with Crippen molar-refractivity contribution in [1.29, 1.82) is 0 Å². The van der Waals surface area contributed by atoms with Crippen molar-refractivity contribution >= 4 is 23.6 Å². The molecular weight excluding hydrogens is 280 g/mol. The number of thioether (sulfide) groups is 1. The number of aliphatic carboxylic acids is 1. The number of amides is 1. The van der Waals surface area contributed by atoms with Crippen molar-refractivity contribution in [3.63, 3.8) is 0 Å². The highest BCUT2D eigenvalue weighted by atomic mass is 32.2. The zero-order valence-electron chi connectivity index (χ0n) is 12.2. The van der Waals surface area contributed by atoms with Gasteiger partial charge in [0.2, 0.25) is 5.91 Å². The molecule has 8 heteroatoms. The Bertz CT molecular complexity index is 487. The standard InChI is InChI=1S/C12H20N4O3S/c1-5-6-9-13-14-12(20-7-10(17)18)16(9)8(2)11(19)15(3)4/h8H,5-7H2,1-4H3,(H,17,18). The minimum atomic E-state index is -0.923. The van der Waals surface area contributed by atoms with Gasteiger partial charge in [0.1, 0.15) is 11.9 Å². The highest BCUT2D eigenvalue weighted by Gasteiger charge is 2.24. The Morgan fingerprint density at radius 2 is 2.05 bits per heavy atom. The molecule has 0 radical (unpaired) electrons. The molecule has 0 saturated carbocycles. The number of hydrogen-bond donors (Lipinski definition) is 1. The Labute approximate surface area is 122 Å². The quantitative estimate of drug-likeness (QED) is 0.757. The Morgan fingerprint density at radius 3 is 2.55 bits per heavy atom. The van der Waals surface area contributed by atoms with Crippen molar-refractivity contribution in [2.75, 3.05) is 19.8 Å². The van der Waals surface area contributed by atoms with Crippen LogP contribution < -0.4 is 0 Å². The number of carbonyl (C=O) groups is 2. The maximum atomic E-state index is 12.1. The van der Waals surface area contributed by atoms with Gasteiger partial charge >= 0.3 is 5.97 Å². The highest BCUT2D eigenvalue weighted by molar-refractivity contribution is 7.99. The molecule has 0 saturated heterocycles. The van der Waals surface area contributed by atoms with Crippen LogP contribution in [0.15, 0.2) is 5.16 Å².